The lowest BCUT2D eigenvalue weighted by Crippen LogP contribution is -2.46. The van der Waals surface area contributed by atoms with E-state index in [0.717, 1.165) is 29.4 Å². The topological polar surface area (TPSA) is 89.9 Å². The molecule has 2 N–H and O–H groups in total. The lowest BCUT2D eigenvalue weighted by Gasteiger charge is -2.30. The molecule has 1 aliphatic heterocycles. The number of amides is 1. The quantitative estimate of drug-likeness (QED) is 0.769. The molecule has 3 heterocycles. The molecule has 7 nitrogen and oxygen atoms in total. The summed E-state index contributed by atoms with van der Waals surface area (Å²) < 4.78 is 1.69. The summed E-state index contributed by atoms with van der Waals surface area (Å²) in [6, 6.07) is 9.82. The number of pyridine rings is 1. The van der Waals surface area contributed by atoms with Gasteiger partial charge in [0, 0.05) is 30.7 Å². The van der Waals surface area contributed by atoms with Gasteiger partial charge >= 0.3 is 0 Å². The summed E-state index contributed by atoms with van der Waals surface area (Å²) in [7, 11) is 0. The van der Waals surface area contributed by atoms with Crippen molar-refractivity contribution in [1.82, 2.24) is 24.9 Å². The number of para-hydroxylation sites is 1. The molecule has 0 unspecified atom stereocenters. The van der Waals surface area contributed by atoms with E-state index in [4.69, 9.17) is 5.73 Å². The van der Waals surface area contributed by atoms with Crippen LogP contribution in [-0.4, -0.2) is 49.9 Å². The van der Waals surface area contributed by atoms with Crippen LogP contribution in [-0.2, 0) is 0 Å². The molecule has 1 fully saturated rings. The Labute approximate surface area is 145 Å². The SMILES string of the molecule is Cc1c(C(=O)N2CCC[C@H](N)C2)nnn1-c1cccc2cccnc12. The summed E-state index contributed by atoms with van der Waals surface area (Å²) in [5, 5.41) is 9.39. The number of hydrogen-bond acceptors (Lipinski definition) is 5. The average molecular weight is 336 g/mol. The van der Waals surface area contributed by atoms with Crippen molar-refractivity contribution in [2.24, 2.45) is 5.73 Å². The predicted molar refractivity (Wildman–Crippen MR) is 94.5 cm³/mol. The number of piperidine rings is 1. The van der Waals surface area contributed by atoms with E-state index >= 15 is 0 Å². The first-order valence-electron chi connectivity index (χ1n) is 8.46. The Morgan fingerprint density at radius 1 is 1.28 bits per heavy atom. The third-order valence-electron chi connectivity index (χ3n) is 4.68. The van der Waals surface area contributed by atoms with Gasteiger partial charge in [-0.05, 0) is 31.9 Å². The normalized spacial score (nSPS) is 17.8. The van der Waals surface area contributed by atoms with Gasteiger partial charge in [-0.2, -0.15) is 0 Å². The van der Waals surface area contributed by atoms with E-state index in [1.807, 2.05) is 37.3 Å². The highest BCUT2D eigenvalue weighted by Crippen LogP contribution is 2.22. The molecule has 1 aliphatic rings. The predicted octanol–water partition coefficient (Wildman–Crippen LogP) is 1.69. The molecule has 1 atom stereocenters. The van der Waals surface area contributed by atoms with Crippen molar-refractivity contribution in [3.63, 3.8) is 0 Å². The van der Waals surface area contributed by atoms with Crippen molar-refractivity contribution in [3.05, 3.63) is 47.9 Å². The van der Waals surface area contributed by atoms with Crippen LogP contribution in [0.5, 0.6) is 0 Å². The van der Waals surface area contributed by atoms with Crippen LogP contribution < -0.4 is 5.73 Å². The first kappa shape index (κ1) is 15.7. The zero-order valence-electron chi connectivity index (χ0n) is 14.1. The fourth-order valence-electron chi connectivity index (χ4n) is 3.36. The number of carbonyl (C=O) groups excluding carboxylic acids is 1. The Morgan fingerprint density at radius 2 is 2.12 bits per heavy atom. The summed E-state index contributed by atoms with van der Waals surface area (Å²) in [5.74, 6) is -0.105. The summed E-state index contributed by atoms with van der Waals surface area (Å²) in [4.78, 5) is 19.0. The number of benzene rings is 1. The second kappa shape index (κ2) is 6.25. The number of hydrogen-bond donors (Lipinski definition) is 1. The maximum atomic E-state index is 12.8. The van der Waals surface area contributed by atoms with Crippen LogP contribution in [0.3, 0.4) is 0 Å². The molecular formula is C18H20N6O. The summed E-state index contributed by atoms with van der Waals surface area (Å²) in [5.41, 5.74) is 8.73. The van der Waals surface area contributed by atoms with Gasteiger partial charge in [-0.25, -0.2) is 4.68 Å². The molecule has 25 heavy (non-hydrogen) atoms. The van der Waals surface area contributed by atoms with Crippen LogP contribution in [0.2, 0.25) is 0 Å². The summed E-state index contributed by atoms with van der Waals surface area (Å²) >= 11 is 0. The molecule has 7 heteroatoms. The molecule has 0 aliphatic carbocycles. The second-order valence-corrected chi connectivity index (χ2v) is 6.44. The smallest absolute Gasteiger partial charge is 0.276 e. The number of likely N-dealkylation sites (tertiary alicyclic amines) is 1. The Bertz CT molecular complexity index is 929. The third kappa shape index (κ3) is 2.76. The molecule has 0 radical (unpaired) electrons. The van der Waals surface area contributed by atoms with Gasteiger partial charge in [0.05, 0.1) is 16.9 Å². The molecule has 0 bridgehead atoms. The zero-order chi connectivity index (χ0) is 17.4. The number of fused-ring (bicyclic) bond motifs is 1. The lowest BCUT2D eigenvalue weighted by atomic mass is 10.1. The van der Waals surface area contributed by atoms with Gasteiger partial charge in [0.25, 0.3) is 5.91 Å². The van der Waals surface area contributed by atoms with Crippen molar-refractivity contribution in [3.8, 4) is 5.69 Å². The molecule has 3 aromatic rings. The second-order valence-electron chi connectivity index (χ2n) is 6.44. The van der Waals surface area contributed by atoms with Crippen molar-refractivity contribution in [2.45, 2.75) is 25.8 Å². The maximum Gasteiger partial charge on any atom is 0.276 e. The van der Waals surface area contributed by atoms with Gasteiger partial charge in [-0.1, -0.05) is 23.4 Å². The van der Waals surface area contributed by atoms with Crippen LogP contribution in [0.4, 0.5) is 0 Å². The Kier molecular flexibility index (Phi) is 3.93. The first-order valence-corrected chi connectivity index (χ1v) is 8.46. The number of aromatic nitrogens is 4. The highest BCUT2D eigenvalue weighted by atomic mass is 16.2. The Hall–Kier alpha value is -2.80. The van der Waals surface area contributed by atoms with E-state index in [9.17, 15) is 4.79 Å². The molecule has 0 spiro atoms. The van der Waals surface area contributed by atoms with Gasteiger partial charge < -0.3 is 10.6 Å². The molecule has 4 rings (SSSR count). The molecule has 0 saturated carbocycles. The fraction of sp³-hybridized carbons (Fsp3) is 0.333. The van der Waals surface area contributed by atoms with Gasteiger partial charge in [0.15, 0.2) is 5.69 Å². The Balaban J connectivity index is 1.72. The molecule has 128 valence electrons. The van der Waals surface area contributed by atoms with Gasteiger partial charge in [0.1, 0.15) is 0 Å². The highest BCUT2D eigenvalue weighted by Gasteiger charge is 2.27. The van der Waals surface area contributed by atoms with E-state index < -0.39 is 0 Å². The zero-order valence-corrected chi connectivity index (χ0v) is 14.1. The van der Waals surface area contributed by atoms with Crippen molar-refractivity contribution < 1.29 is 4.79 Å². The summed E-state index contributed by atoms with van der Waals surface area (Å²) in [6.45, 7) is 3.15. The molecule has 1 aromatic carbocycles. The third-order valence-corrected chi connectivity index (χ3v) is 4.68. The Morgan fingerprint density at radius 3 is 2.96 bits per heavy atom. The minimum Gasteiger partial charge on any atom is -0.336 e. The van der Waals surface area contributed by atoms with Crippen LogP contribution in [0.15, 0.2) is 36.5 Å². The summed E-state index contributed by atoms with van der Waals surface area (Å²) in [6.07, 6.45) is 3.63. The number of nitrogens with zero attached hydrogens (tertiary/aromatic N) is 5. The minimum atomic E-state index is -0.105. The average Bonchev–Trinajstić information content (AvgIpc) is 3.02. The highest BCUT2D eigenvalue weighted by molar-refractivity contribution is 5.94. The minimum absolute atomic E-state index is 0.0373. The number of rotatable bonds is 2. The van der Waals surface area contributed by atoms with E-state index in [-0.39, 0.29) is 11.9 Å². The monoisotopic (exact) mass is 336 g/mol. The van der Waals surface area contributed by atoms with Crippen LogP contribution in [0.1, 0.15) is 29.0 Å². The van der Waals surface area contributed by atoms with Gasteiger partial charge in [-0.3, -0.25) is 9.78 Å². The largest absolute Gasteiger partial charge is 0.336 e. The van der Waals surface area contributed by atoms with E-state index in [1.54, 1.807) is 15.8 Å². The molecule has 1 saturated heterocycles. The molecule has 2 aromatic heterocycles. The van der Waals surface area contributed by atoms with E-state index in [2.05, 4.69) is 15.3 Å². The number of nitrogens with two attached hydrogens (primary N) is 1. The van der Waals surface area contributed by atoms with Gasteiger partial charge in [-0.15, -0.1) is 5.10 Å². The van der Waals surface area contributed by atoms with E-state index in [1.165, 1.54) is 0 Å². The fourth-order valence-corrected chi connectivity index (χ4v) is 3.36. The van der Waals surface area contributed by atoms with E-state index in [0.29, 0.717) is 24.5 Å². The van der Waals surface area contributed by atoms with Crippen LogP contribution in [0, 0.1) is 6.92 Å². The van der Waals surface area contributed by atoms with Crippen molar-refractivity contribution in [2.75, 3.05) is 13.1 Å². The lowest BCUT2D eigenvalue weighted by molar-refractivity contribution is 0.0702. The molecular weight excluding hydrogens is 316 g/mol. The maximum absolute atomic E-state index is 12.8. The van der Waals surface area contributed by atoms with Gasteiger partial charge in [0.2, 0.25) is 0 Å². The number of carbonyl (C=O) groups is 1. The first-order chi connectivity index (χ1) is 12.1. The van der Waals surface area contributed by atoms with Crippen molar-refractivity contribution in [1.29, 1.82) is 0 Å². The van der Waals surface area contributed by atoms with Crippen LogP contribution in [0.25, 0.3) is 16.6 Å². The van der Waals surface area contributed by atoms with Crippen LogP contribution >= 0.6 is 0 Å². The standard InChI is InChI=1S/C18H20N6O/c1-12-16(18(25)23-10-4-7-14(19)11-23)21-22-24(12)15-8-2-5-13-6-3-9-20-17(13)15/h2-3,5-6,8-9,14H,4,7,10-11,19H2,1H3/t14-/m0/s1. The molecule has 1 amide bonds. The van der Waals surface area contributed by atoms with Crippen molar-refractivity contribution >= 4 is 16.8 Å².